The summed E-state index contributed by atoms with van der Waals surface area (Å²) in [5.74, 6) is 2.11. The van der Waals surface area contributed by atoms with Gasteiger partial charge in [0, 0.05) is 24.7 Å². The summed E-state index contributed by atoms with van der Waals surface area (Å²) in [7, 11) is 1.64. The van der Waals surface area contributed by atoms with Crippen molar-refractivity contribution >= 4 is 5.91 Å². The molecule has 4 nitrogen and oxygen atoms in total. The number of nitrogens with two attached hydrogens (primary N) is 1. The first kappa shape index (κ1) is 13.4. The van der Waals surface area contributed by atoms with Crippen molar-refractivity contribution in [3.8, 4) is 5.75 Å². The summed E-state index contributed by atoms with van der Waals surface area (Å²) >= 11 is 0. The molecule has 0 bridgehead atoms. The Balaban J connectivity index is 1.66. The van der Waals surface area contributed by atoms with E-state index in [4.69, 9.17) is 10.5 Å². The summed E-state index contributed by atoms with van der Waals surface area (Å²) < 4.78 is 5.31. The maximum atomic E-state index is 12.5. The number of carbonyl (C=O) groups is 1. The van der Waals surface area contributed by atoms with Gasteiger partial charge in [-0.2, -0.15) is 0 Å². The molecule has 1 heterocycles. The molecule has 0 spiro atoms. The summed E-state index contributed by atoms with van der Waals surface area (Å²) in [4.78, 5) is 14.4. The number of rotatable bonds is 3. The second kappa shape index (κ2) is 5.44. The quantitative estimate of drug-likeness (QED) is 0.907. The predicted octanol–water partition coefficient (Wildman–Crippen LogP) is 1.43. The summed E-state index contributed by atoms with van der Waals surface area (Å²) in [5.41, 5.74) is 7.08. The molecule has 3 atom stereocenters. The van der Waals surface area contributed by atoms with Crippen molar-refractivity contribution in [2.24, 2.45) is 17.6 Å². The summed E-state index contributed by atoms with van der Waals surface area (Å²) in [6, 6.07) is 8.01. The molecule has 1 aliphatic heterocycles. The fraction of sp³-hybridized carbons (Fsp3) is 0.562. The Hall–Kier alpha value is -1.55. The van der Waals surface area contributed by atoms with Crippen LogP contribution in [0.1, 0.15) is 18.4 Å². The van der Waals surface area contributed by atoms with Gasteiger partial charge in [-0.3, -0.25) is 4.79 Å². The van der Waals surface area contributed by atoms with Gasteiger partial charge in [0.15, 0.2) is 0 Å². The monoisotopic (exact) mass is 274 g/mol. The third-order valence-corrected chi connectivity index (χ3v) is 4.80. The van der Waals surface area contributed by atoms with E-state index in [0.717, 1.165) is 30.8 Å². The number of hydrogen-bond acceptors (Lipinski definition) is 3. The zero-order chi connectivity index (χ0) is 14.1. The van der Waals surface area contributed by atoms with E-state index in [9.17, 15) is 4.79 Å². The zero-order valence-electron chi connectivity index (χ0n) is 11.9. The molecule has 1 saturated heterocycles. The predicted molar refractivity (Wildman–Crippen MR) is 77.5 cm³/mol. The minimum absolute atomic E-state index is 0.191. The fourth-order valence-corrected chi connectivity index (χ4v) is 3.63. The number of fused-ring (bicyclic) bond motifs is 1. The molecule has 0 aromatic heterocycles. The lowest BCUT2D eigenvalue weighted by Crippen LogP contribution is -2.34. The van der Waals surface area contributed by atoms with Gasteiger partial charge in [-0.1, -0.05) is 18.2 Å². The Kier molecular flexibility index (Phi) is 3.66. The summed E-state index contributed by atoms with van der Waals surface area (Å²) in [6.45, 7) is 1.71. The number of nitrogens with zero attached hydrogens (tertiary/aromatic N) is 1. The van der Waals surface area contributed by atoms with E-state index in [0.29, 0.717) is 18.3 Å². The van der Waals surface area contributed by atoms with Crippen LogP contribution in [0.4, 0.5) is 0 Å². The SMILES string of the molecule is COc1ccccc1CC(=O)N1CC2CCC(N)C2C1. The normalized spacial score (nSPS) is 28.5. The fourth-order valence-electron chi connectivity index (χ4n) is 3.63. The van der Waals surface area contributed by atoms with E-state index < -0.39 is 0 Å². The number of benzene rings is 1. The molecule has 4 heteroatoms. The van der Waals surface area contributed by atoms with Crippen molar-refractivity contribution in [3.05, 3.63) is 29.8 Å². The van der Waals surface area contributed by atoms with Crippen LogP contribution in [-0.4, -0.2) is 37.0 Å². The van der Waals surface area contributed by atoms with E-state index in [2.05, 4.69) is 0 Å². The van der Waals surface area contributed by atoms with Crippen LogP contribution in [0.3, 0.4) is 0 Å². The topological polar surface area (TPSA) is 55.6 Å². The lowest BCUT2D eigenvalue weighted by Gasteiger charge is -2.19. The smallest absolute Gasteiger partial charge is 0.227 e. The number of para-hydroxylation sites is 1. The van der Waals surface area contributed by atoms with Crippen molar-refractivity contribution in [3.63, 3.8) is 0 Å². The molecular formula is C16H22N2O2. The van der Waals surface area contributed by atoms with Crippen molar-refractivity contribution in [2.75, 3.05) is 20.2 Å². The molecule has 2 N–H and O–H groups in total. The van der Waals surface area contributed by atoms with E-state index >= 15 is 0 Å². The van der Waals surface area contributed by atoms with E-state index in [1.165, 1.54) is 6.42 Å². The molecule has 2 aliphatic rings. The van der Waals surface area contributed by atoms with Crippen LogP contribution in [-0.2, 0) is 11.2 Å². The Labute approximate surface area is 119 Å². The highest BCUT2D eigenvalue weighted by Crippen LogP contribution is 2.37. The number of likely N-dealkylation sites (tertiary alicyclic amines) is 1. The molecule has 1 aromatic rings. The molecule has 1 aromatic carbocycles. The van der Waals surface area contributed by atoms with Gasteiger partial charge >= 0.3 is 0 Å². The van der Waals surface area contributed by atoms with Crippen LogP contribution < -0.4 is 10.5 Å². The van der Waals surface area contributed by atoms with Gasteiger partial charge in [-0.15, -0.1) is 0 Å². The standard InChI is InChI=1S/C16H22N2O2/c1-20-15-5-3-2-4-11(15)8-16(19)18-9-12-6-7-14(17)13(12)10-18/h2-5,12-14H,6-10,17H2,1H3. The Bertz CT molecular complexity index is 503. The highest BCUT2D eigenvalue weighted by Gasteiger charge is 2.42. The lowest BCUT2D eigenvalue weighted by molar-refractivity contribution is -0.129. The highest BCUT2D eigenvalue weighted by molar-refractivity contribution is 5.79. The second-order valence-corrected chi connectivity index (χ2v) is 5.95. The average Bonchev–Trinajstić information content (AvgIpc) is 3.02. The molecule has 1 aliphatic carbocycles. The van der Waals surface area contributed by atoms with Crippen LogP contribution in [0.2, 0.25) is 0 Å². The van der Waals surface area contributed by atoms with Crippen molar-refractivity contribution in [1.82, 2.24) is 4.90 Å². The van der Waals surface area contributed by atoms with Gasteiger partial charge in [0.1, 0.15) is 5.75 Å². The van der Waals surface area contributed by atoms with E-state index in [-0.39, 0.29) is 11.9 Å². The molecule has 1 saturated carbocycles. The van der Waals surface area contributed by atoms with E-state index in [1.807, 2.05) is 29.2 Å². The van der Waals surface area contributed by atoms with Crippen LogP contribution in [0.25, 0.3) is 0 Å². The van der Waals surface area contributed by atoms with Gasteiger partial charge in [0.25, 0.3) is 0 Å². The molecule has 0 radical (unpaired) electrons. The minimum atomic E-state index is 0.191. The second-order valence-electron chi connectivity index (χ2n) is 5.95. The number of methoxy groups -OCH3 is 1. The van der Waals surface area contributed by atoms with Gasteiger partial charge in [0.05, 0.1) is 13.5 Å². The first-order chi connectivity index (χ1) is 9.69. The first-order valence-electron chi connectivity index (χ1n) is 7.34. The van der Waals surface area contributed by atoms with Gasteiger partial charge in [-0.05, 0) is 30.7 Å². The Morgan fingerprint density at radius 1 is 1.35 bits per heavy atom. The van der Waals surface area contributed by atoms with Crippen molar-refractivity contribution in [2.45, 2.75) is 25.3 Å². The van der Waals surface area contributed by atoms with Crippen LogP contribution in [0.5, 0.6) is 5.75 Å². The molecule has 1 amide bonds. The Morgan fingerprint density at radius 2 is 2.15 bits per heavy atom. The number of hydrogen-bond donors (Lipinski definition) is 1. The average molecular weight is 274 g/mol. The summed E-state index contributed by atoms with van der Waals surface area (Å²) in [5, 5.41) is 0. The number of carbonyl (C=O) groups excluding carboxylic acids is 1. The Morgan fingerprint density at radius 3 is 2.90 bits per heavy atom. The van der Waals surface area contributed by atoms with Crippen LogP contribution in [0.15, 0.2) is 24.3 Å². The van der Waals surface area contributed by atoms with E-state index in [1.54, 1.807) is 7.11 Å². The third kappa shape index (κ3) is 2.40. The molecule has 20 heavy (non-hydrogen) atoms. The third-order valence-electron chi connectivity index (χ3n) is 4.80. The van der Waals surface area contributed by atoms with Crippen molar-refractivity contribution in [1.29, 1.82) is 0 Å². The van der Waals surface area contributed by atoms with Crippen LogP contribution >= 0.6 is 0 Å². The highest BCUT2D eigenvalue weighted by atomic mass is 16.5. The molecule has 3 rings (SSSR count). The van der Waals surface area contributed by atoms with Gasteiger partial charge in [-0.25, -0.2) is 0 Å². The molecule has 108 valence electrons. The van der Waals surface area contributed by atoms with Crippen LogP contribution in [0, 0.1) is 11.8 Å². The maximum absolute atomic E-state index is 12.5. The number of amides is 1. The number of ether oxygens (including phenoxy) is 1. The first-order valence-corrected chi connectivity index (χ1v) is 7.34. The van der Waals surface area contributed by atoms with Gasteiger partial charge in [0.2, 0.25) is 5.91 Å². The molecule has 3 unspecified atom stereocenters. The minimum Gasteiger partial charge on any atom is -0.496 e. The van der Waals surface area contributed by atoms with Gasteiger partial charge < -0.3 is 15.4 Å². The lowest BCUT2D eigenvalue weighted by atomic mass is 9.98. The maximum Gasteiger partial charge on any atom is 0.227 e. The summed E-state index contributed by atoms with van der Waals surface area (Å²) in [6.07, 6.45) is 2.70. The molecule has 2 fully saturated rings. The molecular weight excluding hydrogens is 252 g/mol. The van der Waals surface area contributed by atoms with Crippen molar-refractivity contribution < 1.29 is 9.53 Å². The largest absolute Gasteiger partial charge is 0.496 e. The zero-order valence-corrected chi connectivity index (χ0v) is 11.9.